The Morgan fingerprint density at radius 3 is 2.55 bits per heavy atom. The fraction of sp³-hybridized carbons (Fsp3) is 0.250. The molecule has 0 saturated carbocycles. The number of aromatic nitrogens is 1. The molecule has 0 amide bonds. The highest BCUT2D eigenvalue weighted by Crippen LogP contribution is 2.32. The van der Waals surface area contributed by atoms with Gasteiger partial charge in [-0.2, -0.15) is 5.26 Å². The molecule has 0 radical (unpaired) electrons. The molecule has 22 heavy (non-hydrogen) atoms. The average Bonchev–Trinajstić information content (AvgIpc) is 2.45. The quantitative estimate of drug-likeness (QED) is 0.904. The van der Waals surface area contributed by atoms with Crippen LogP contribution < -0.4 is 4.74 Å². The molecule has 116 valence electrons. The first-order valence-corrected chi connectivity index (χ1v) is 6.43. The topological polar surface area (TPSA) is 86.4 Å². The van der Waals surface area contributed by atoms with Crippen molar-refractivity contribution in [2.24, 2.45) is 0 Å². The summed E-state index contributed by atoms with van der Waals surface area (Å²) >= 11 is 0. The summed E-state index contributed by atoms with van der Waals surface area (Å²) in [4.78, 5) is 3.98. The number of nitrogens with zero attached hydrogens (tertiary/aromatic N) is 2. The van der Waals surface area contributed by atoms with Crippen molar-refractivity contribution in [3.05, 3.63) is 42.2 Å². The van der Waals surface area contributed by atoms with Crippen LogP contribution in [-0.4, -0.2) is 27.4 Å². The monoisotopic (exact) mass is 320 g/mol. The van der Waals surface area contributed by atoms with Crippen molar-refractivity contribution in [2.75, 3.05) is 6.61 Å². The highest BCUT2D eigenvalue weighted by Gasteiger charge is 2.15. The number of aliphatic hydroxyl groups is 1. The maximum absolute atomic E-state index is 9.98. The van der Waals surface area contributed by atoms with Crippen molar-refractivity contribution in [3.8, 4) is 28.7 Å². The molecule has 0 aliphatic heterocycles. The third-order valence-corrected chi connectivity index (χ3v) is 2.74. The third-order valence-electron chi connectivity index (χ3n) is 2.74. The molecular weight excluding hydrogens is 304 g/mol. The minimum absolute atomic E-state index is 0. The molecule has 1 aromatic carbocycles. The van der Waals surface area contributed by atoms with E-state index < -0.39 is 5.60 Å². The summed E-state index contributed by atoms with van der Waals surface area (Å²) in [6, 6.07) is 8.64. The van der Waals surface area contributed by atoms with Crippen molar-refractivity contribution < 1.29 is 14.9 Å². The van der Waals surface area contributed by atoms with Gasteiger partial charge in [-0.15, -0.1) is 12.4 Å². The van der Waals surface area contributed by atoms with Gasteiger partial charge in [-0.1, -0.05) is 6.07 Å². The Bertz CT molecular complexity index is 691. The first-order valence-electron chi connectivity index (χ1n) is 6.43. The maximum Gasteiger partial charge on any atom is 0.161 e. The Morgan fingerprint density at radius 1 is 1.23 bits per heavy atom. The molecule has 0 saturated heterocycles. The van der Waals surface area contributed by atoms with Gasteiger partial charge in [0.2, 0.25) is 0 Å². The number of pyridine rings is 1. The highest BCUT2D eigenvalue weighted by molar-refractivity contribution is 5.85. The average molecular weight is 321 g/mol. The van der Waals surface area contributed by atoms with Crippen LogP contribution in [0.4, 0.5) is 0 Å². The van der Waals surface area contributed by atoms with Crippen LogP contribution in [0.1, 0.15) is 19.4 Å². The maximum atomic E-state index is 9.98. The zero-order valence-electron chi connectivity index (χ0n) is 12.3. The second-order valence-corrected chi connectivity index (χ2v) is 5.36. The van der Waals surface area contributed by atoms with E-state index in [-0.39, 0.29) is 24.8 Å². The van der Waals surface area contributed by atoms with Crippen LogP contribution in [0.2, 0.25) is 0 Å². The Hall–Kier alpha value is -2.29. The number of rotatable bonds is 4. The number of phenols is 1. The third kappa shape index (κ3) is 4.62. The Balaban J connectivity index is 0.00000242. The van der Waals surface area contributed by atoms with Gasteiger partial charge < -0.3 is 14.9 Å². The summed E-state index contributed by atoms with van der Waals surface area (Å²) < 4.78 is 5.37. The van der Waals surface area contributed by atoms with Crippen LogP contribution >= 0.6 is 12.4 Å². The molecule has 1 aromatic heterocycles. The molecule has 5 nitrogen and oxygen atoms in total. The zero-order chi connectivity index (χ0) is 15.5. The van der Waals surface area contributed by atoms with E-state index in [0.29, 0.717) is 11.3 Å². The fourth-order valence-electron chi connectivity index (χ4n) is 1.73. The summed E-state index contributed by atoms with van der Waals surface area (Å²) in [6.07, 6.45) is 3.09. The molecule has 2 N–H and O–H groups in total. The van der Waals surface area contributed by atoms with Crippen LogP contribution in [-0.2, 0) is 0 Å². The van der Waals surface area contributed by atoms with Gasteiger partial charge in [-0.25, -0.2) is 0 Å². The zero-order valence-corrected chi connectivity index (χ0v) is 13.1. The second-order valence-electron chi connectivity index (χ2n) is 5.36. The summed E-state index contributed by atoms with van der Waals surface area (Å²) in [7, 11) is 0. The lowest BCUT2D eigenvalue weighted by molar-refractivity contribution is 0.0277. The minimum Gasteiger partial charge on any atom is -0.504 e. The van der Waals surface area contributed by atoms with Crippen molar-refractivity contribution in [1.82, 2.24) is 4.98 Å². The number of hydrogen-bond donors (Lipinski definition) is 2. The molecule has 0 aliphatic carbocycles. The van der Waals surface area contributed by atoms with Gasteiger partial charge in [0.25, 0.3) is 0 Å². The van der Waals surface area contributed by atoms with Gasteiger partial charge >= 0.3 is 0 Å². The van der Waals surface area contributed by atoms with Crippen molar-refractivity contribution in [1.29, 1.82) is 5.26 Å². The number of phenolic OH excluding ortho intramolecular Hbond substituents is 1. The van der Waals surface area contributed by atoms with Gasteiger partial charge in [0.05, 0.1) is 11.2 Å². The van der Waals surface area contributed by atoms with E-state index in [0.717, 1.165) is 11.1 Å². The SMILES string of the molecule is CC(C)(O)COc1ccc(-c2cncc(C#N)c2)cc1O.Cl. The van der Waals surface area contributed by atoms with Crippen LogP contribution in [0.15, 0.2) is 36.7 Å². The molecule has 0 bridgehead atoms. The van der Waals surface area contributed by atoms with E-state index in [9.17, 15) is 10.2 Å². The van der Waals surface area contributed by atoms with Crippen LogP contribution in [0, 0.1) is 11.3 Å². The van der Waals surface area contributed by atoms with Crippen molar-refractivity contribution in [2.45, 2.75) is 19.4 Å². The fourth-order valence-corrected chi connectivity index (χ4v) is 1.73. The van der Waals surface area contributed by atoms with E-state index in [4.69, 9.17) is 10.00 Å². The number of ether oxygens (including phenoxy) is 1. The van der Waals surface area contributed by atoms with E-state index in [2.05, 4.69) is 4.98 Å². The highest BCUT2D eigenvalue weighted by atomic mass is 35.5. The Kier molecular flexibility index (Phi) is 5.75. The lowest BCUT2D eigenvalue weighted by atomic mass is 10.1. The van der Waals surface area contributed by atoms with Gasteiger partial charge in [-0.05, 0) is 37.6 Å². The molecule has 0 aliphatic rings. The molecule has 1 heterocycles. The van der Waals surface area contributed by atoms with Crippen molar-refractivity contribution >= 4 is 12.4 Å². The van der Waals surface area contributed by atoms with Crippen LogP contribution in [0.3, 0.4) is 0 Å². The summed E-state index contributed by atoms with van der Waals surface area (Å²) in [6.45, 7) is 3.32. The predicted molar refractivity (Wildman–Crippen MR) is 85.1 cm³/mol. The number of aromatic hydroxyl groups is 1. The Labute approximate surface area is 135 Å². The molecule has 6 heteroatoms. The number of halogens is 1. The second kappa shape index (κ2) is 7.12. The molecule has 0 atom stereocenters. The van der Waals surface area contributed by atoms with E-state index in [1.807, 2.05) is 6.07 Å². The lowest BCUT2D eigenvalue weighted by Crippen LogP contribution is -2.27. The molecule has 2 rings (SSSR count). The van der Waals surface area contributed by atoms with Gasteiger partial charge in [0.15, 0.2) is 11.5 Å². The standard InChI is InChI=1S/C16H16N2O3.ClH/c1-16(2,20)10-21-15-4-3-12(6-14(15)19)13-5-11(7-17)8-18-9-13;/h3-6,8-9,19-20H,10H2,1-2H3;1H. The number of hydrogen-bond acceptors (Lipinski definition) is 5. The largest absolute Gasteiger partial charge is 0.504 e. The summed E-state index contributed by atoms with van der Waals surface area (Å²) in [5.74, 6) is 0.268. The van der Waals surface area contributed by atoms with Gasteiger partial charge in [0, 0.05) is 18.0 Å². The first-order chi connectivity index (χ1) is 9.89. The minimum atomic E-state index is -0.976. The smallest absolute Gasteiger partial charge is 0.161 e. The first kappa shape index (κ1) is 17.8. The molecular formula is C16H17ClN2O3. The van der Waals surface area contributed by atoms with Gasteiger partial charge in [0.1, 0.15) is 12.7 Å². The van der Waals surface area contributed by atoms with Crippen molar-refractivity contribution in [3.63, 3.8) is 0 Å². The molecule has 0 fully saturated rings. The molecule has 2 aromatic rings. The molecule has 0 unspecified atom stereocenters. The normalized spacial score (nSPS) is 10.5. The molecule has 0 spiro atoms. The number of nitriles is 1. The summed E-state index contributed by atoms with van der Waals surface area (Å²) in [5.41, 5.74) is 0.941. The van der Waals surface area contributed by atoms with E-state index in [1.165, 1.54) is 12.3 Å². The van der Waals surface area contributed by atoms with Crippen LogP contribution in [0.25, 0.3) is 11.1 Å². The lowest BCUT2D eigenvalue weighted by Gasteiger charge is -2.18. The summed E-state index contributed by atoms with van der Waals surface area (Å²) in [5, 5.41) is 28.5. The number of benzene rings is 1. The van der Waals surface area contributed by atoms with E-state index in [1.54, 1.807) is 38.2 Å². The van der Waals surface area contributed by atoms with E-state index >= 15 is 0 Å². The predicted octanol–water partition coefficient (Wildman–Crippen LogP) is 2.90. The van der Waals surface area contributed by atoms with Crippen LogP contribution in [0.5, 0.6) is 11.5 Å². The van der Waals surface area contributed by atoms with Gasteiger partial charge in [-0.3, -0.25) is 4.98 Å². The Morgan fingerprint density at radius 2 is 1.95 bits per heavy atom.